The third kappa shape index (κ3) is 4.34. The zero-order valence-corrected chi connectivity index (χ0v) is 16.3. The number of likely N-dealkylation sites (N-methyl/N-ethyl adjacent to an activating group) is 1. The first-order chi connectivity index (χ1) is 12.2. The van der Waals surface area contributed by atoms with Gasteiger partial charge in [0.05, 0.1) is 13.2 Å². The van der Waals surface area contributed by atoms with Gasteiger partial charge in [-0.2, -0.15) is 0 Å². The molecule has 2 N–H and O–H groups in total. The van der Waals surface area contributed by atoms with E-state index in [1.165, 1.54) is 0 Å². The molecule has 1 saturated heterocycles. The number of imide groups is 1. The lowest BCUT2D eigenvalue weighted by Crippen LogP contribution is -2.47. The van der Waals surface area contributed by atoms with E-state index in [4.69, 9.17) is 11.6 Å². The standard InChI is InChI=1S/C18H25ClN4O3/c1-5-22(10-15(24)20-12(2)3)11-23-16(25)18(4,21-17(23)26)13-6-8-14(19)9-7-13/h6-9,12H,5,10-11H2,1-4H3,(H,20,24)(H,21,26)/t18-/m1/s1. The van der Waals surface area contributed by atoms with Crippen LogP contribution in [0.25, 0.3) is 0 Å². The van der Waals surface area contributed by atoms with E-state index in [1.54, 1.807) is 36.1 Å². The second-order valence-corrected chi connectivity index (χ2v) is 7.24. The highest BCUT2D eigenvalue weighted by molar-refractivity contribution is 6.30. The molecule has 7 nitrogen and oxygen atoms in total. The number of carbonyl (C=O) groups excluding carboxylic acids is 3. The SMILES string of the molecule is CCN(CC(=O)NC(C)C)CN1C(=O)N[C@](C)(c2ccc(Cl)cc2)C1=O. The minimum atomic E-state index is -1.15. The van der Waals surface area contributed by atoms with Crippen LogP contribution in [0.15, 0.2) is 24.3 Å². The molecule has 0 radical (unpaired) electrons. The van der Waals surface area contributed by atoms with Gasteiger partial charge in [0.25, 0.3) is 5.91 Å². The van der Waals surface area contributed by atoms with Crippen molar-refractivity contribution in [1.82, 2.24) is 20.4 Å². The van der Waals surface area contributed by atoms with Crippen LogP contribution in [0.3, 0.4) is 0 Å². The number of amides is 4. The van der Waals surface area contributed by atoms with Gasteiger partial charge in [-0.15, -0.1) is 0 Å². The number of carbonyl (C=O) groups is 3. The first-order valence-electron chi connectivity index (χ1n) is 8.59. The average Bonchev–Trinajstić information content (AvgIpc) is 2.78. The third-order valence-electron chi connectivity index (χ3n) is 4.30. The molecule has 26 heavy (non-hydrogen) atoms. The smallest absolute Gasteiger partial charge is 0.326 e. The fraction of sp³-hybridized carbons (Fsp3) is 0.500. The van der Waals surface area contributed by atoms with Crippen LogP contribution < -0.4 is 10.6 Å². The van der Waals surface area contributed by atoms with Gasteiger partial charge >= 0.3 is 6.03 Å². The average molecular weight is 381 g/mol. The summed E-state index contributed by atoms with van der Waals surface area (Å²) in [6.07, 6.45) is 0. The van der Waals surface area contributed by atoms with E-state index < -0.39 is 11.6 Å². The van der Waals surface area contributed by atoms with Crippen molar-refractivity contribution >= 4 is 29.4 Å². The Labute approximate surface area is 158 Å². The molecule has 1 heterocycles. The lowest BCUT2D eigenvalue weighted by atomic mass is 9.92. The highest BCUT2D eigenvalue weighted by Gasteiger charge is 2.49. The maximum atomic E-state index is 12.9. The lowest BCUT2D eigenvalue weighted by Gasteiger charge is -2.26. The normalized spacial score (nSPS) is 20.0. The Balaban J connectivity index is 2.12. The van der Waals surface area contributed by atoms with E-state index >= 15 is 0 Å². The van der Waals surface area contributed by atoms with Crippen molar-refractivity contribution in [1.29, 1.82) is 0 Å². The summed E-state index contributed by atoms with van der Waals surface area (Å²) in [5, 5.41) is 6.11. The van der Waals surface area contributed by atoms with Crippen molar-refractivity contribution in [2.24, 2.45) is 0 Å². The van der Waals surface area contributed by atoms with Gasteiger partial charge < -0.3 is 10.6 Å². The van der Waals surface area contributed by atoms with Gasteiger partial charge in [-0.25, -0.2) is 9.69 Å². The molecular formula is C18H25ClN4O3. The number of benzene rings is 1. The van der Waals surface area contributed by atoms with Gasteiger partial charge in [0.15, 0.2) is 0 Å². The number of rotatable bonds is 7. The Hall–Kier alpha value is -2.12. The molecule has 142 valence electrons. The van der Waals surface area contributed by atoms with Gasteiger partial charge in [-0.1, -0.05) is 30.7 Å². The molecule has 1 fully saturated rings. The van der Waals surface area contributed by atoms with Crippen LogP contribution in [0.4, 0.5) is 4.79 Å². The summed E-state index contributed by atoms with van der Waals surface area (Å²) in [6.45, 7) is 7.99. The quantitative estimate of drug-likeness (QED) is 0.708. The lowest BCUT2D eigenvalue weighted by molar-refractivity contribution is -0.133. The predicted octanol–water partition coefficient (Wildman–Crippen LogP) is 1.91. The number of nitrogens with zero attached hydrogens (tertiary/aromatic N) is 2. The molecule has 0 bridgehead atoms. The van der Waals surface area contributed by atoms with Gasteiger partial charge in [0.2, 0.25) is 5.91 Å². The van der Waals surface area contributed by atoms with Crippen molar-refractivity contribution < 1.29 is 14.4 Å². The van der Waals surface area contributed by atoms with Gasteiger partial charge in [0.1, 0.15) is 5.54 Å². The zero-order valence-electron chi connectivity index (χ0n) is 15.5. The second kappa shape index (κ2) is 8.05. The highest BCUT2D eigenvalue weighted by atomic mass is 35.5. The first kappa shape index (κ1) is 20.2. The van der Waals surface area contributed by atoms with Crippen LogP contribution >= 0.6 is 11.6 Å². The van der Waals surface area contributed by atoms with E-state index in [9.17, 15) is 14.4 Å². The molecule has 0 saturated carbocycles. The monoisotopic (exact) mass is 380 g/mol. The second-order valence-electron chi connectivity index (χ2n) is 6.80. The summed E-state index contributed by atoms with van der Waals surface area (Å²) in [4.78, 5) is 40.2. The first-order valence-corrected chi connectivity index (χ1v) is 8.97. The summed E-state index contributed by atoms with van der Waals surface area (Å²) in [7, 11) is 0. The van der Waals surface area contributed by atoms with Crippen molar-refractivity contribution in [3.63, 3.8) is 0 Å². The minimum Gasteiger partial charge on any atom is -0.353 e. The number of hydrogen-bond acceptors (Lipinski definition) is 4. The molecule has 1 atom stereocenters. The topological polar surface area (TPSA) is 81.8 Å². The van der Waals surface area contributed by atoms with Gasteiger partial charge in [-0.3, -0.25) is 14.5 Å². The summed E-state index contributed by atoms with van der Waals surface area (Å²) in [5.74, 6) is -0.498. The maximum Gasteiger partial charge on any atom is 0.326 e. The van der Waals surface area contributed by atoms with E-state index in [0.29, 0.717) is 17.1 Å². The van der Waals surface area contributed by atoms with Gasteiger partial charge in [-0.05, 0) is 45.0 Å². The van der Waals surface area contributed by atoms with Crippen LogP contribution in [0.5, 0.6) is 0 Å². The van der Waals surface area contributed by atoms with Crippen molar-refractivity contribution in [2.75, 3.05) is 19.8 Å². The summed E-state index contributed by atoms with van der Waals surface area (Å²) in [5.41, 5.74) is -0.496. The molecule has 0 unspecified atom stereocenters. The fourth-order valence-electron chi connectivity index (χ4n) is 2.84. The van der Waals surface area contributed by atoms with Crippen LogP contribution in [0.2, 0.25) is 5.02 Å². The number of nitrogens with one attached hydrogen (secondary N) is 2. The molecule has 4 amide bonds. The van der Waals surface area contributed by atoms with Crippen LogP contribution in [-0.4, -0.2) is 53.4 Å². The largest absolute Gasteiger partial charge is 0.353 e. The van der Waals surface area contributed by atoms with E-state index in [1.807, 2.05) is 20.8 Å². The molecule has 0 aliphatic carbocycles. The van der Waals surface area contributed by atoms with E-state index in [-0.39, 0.29) is 31.1 Å². The maximum absolute atomic E-state index is 12.9. The molecule has 2 rings (SSSR count). The van der Waals surface area contributed by atoms with Gasteiger partial charge in [0, 0.05) is 11.1 Å². The Morgan fingerprint density at radius 2 is 1.92 bits per heavy atom. The van der Waals surface area contributed by atoms with E-state index in [2.05, 4.69) is 10.6 Å². The Morgan fingerprint density at radius 3 is 2.46 bits per heavy atom. The predicted molar refractivity (Wildman–Crippen MR) is 99.6 cm³/mol. The molecule has 8 heteroatoms. The summed E-state index contributed by atoms with van der Waals surface area (Å²) < 4.78 is 0. The highest BCUT2D eigenvalue weighted by Crippen LogP contribution is 2.29. The molecule has 0 aromatic heterocycles. The Morgan fingerprint density at radius 1 is 1.31 bits per heavy atom. The van der Waals surface area contributed by atoms with Crippen molar-refractivity contribution in [2.45, 2.75) is 39.3 Å². The minimum absolute atomic E-state index is 0.0334. The molecule has 1 aliphatic rings. The Kier molecular flexibility index (Phi) is 6.26. The zero-order chi connectivity index (χ0) is 19.5. The fourth-order valence-corrected chi connectivity index (χ4v) is 2.96. The third-order valence-corrected chi connectivity index (χ3v) is 4.55. The van der Waals surface area contributed by atoms with E-state index in [0.717, 1.165) is 4.90 Å². The summed E-state index contributed by atoms with van der Waals surface area (Å²) in [6, 6.07) is 6.36. The summed E-state index contributed by atoms with van der Waals surface area (Å²) >= 11 is 5.90. The molecule has 1 aromatic rings. The number of halogens is 1. The number of urea groups is 1. The van der Waals surface area contributed by atoms with Crippen molar-refractivity contribution in [3.05, 3.63) is 34.9 Å². The van der Waals surface area contributed by atoms with Crippen LogP contribution in [-0.2, 0) is 15.1 Å². The molecule has 1 aliphatic heterocycles. The van der Waals surface area contributed by atoms with Crippen molar-refractivity contribution in [3.8, 4) is 0 Å². The molecule has 0 spiro atoms. The number of hydrogen-bond donors (Lipinski definition) is 2. The molecular weight excluding hydrogens is 356 g/mol. The van der Waals surface area contributed by atoms with Crippen LogP contribution in [0, 0.1) is 0 Å². The van der Waals surface area contributed by atoms with Crippen LogP contribution in [0.1, 0.15) is 33.3 Å². The molecule has 1 aromatic carbocycles. The Bertz CT molecular complexity index is 692.